The first kappa shape index (κ1) is 18.0. The van der Waals surface area contributed by atoms with Gasteiger partial charge in [0.15, 0.2) is 0 Å². The van der Waals surface area contributed by atoms with Crippen LogP contribution in [0.25, 0.3) is 0 Å². The number of aryl methyl sites for hydroxylation is 1. The summed E-state index contributed by atoms with van der Waals surface area (Å²) in [6.45, 7) is 6.78. The Bertz CT molecular complexity index is 466. The number of rotatable bonds is 7. The molecule has 0 spiro atoms. The van der Waals surface area contributed by atoms with Gasteiger partial charge in [-0.05, 0) is 55.4 Å². The van der Waals surface area contributed by atoms with Crippen molar-refractivity contribution in [2.75, 3.05) is 0 Å². The van der Waals surface area contributed by atoms with Crippen molar-refractivity contribution in [3.8, 4) is 0 Å². The number of carbonyl (C=O) groups is 1. The Balaban J connectivity index is 1.70. The molecule has 0 aliphatic heterocycles. The van der Waals surface area contributed by atoms with Crippen LogP contribution in [0, 0.1) is 17.8 Å². The molecular formula is C21H32O2. The smallest absolute Gasteiger partial charge is 0.306 e. The van der Waals surface area contributed by atoms with Gasteiger partial charge in [0.05, 0.1) is 0 Å². The summed E-state index contributed by atoms with van der Waals surface area (Å²) in [5.41, 5.74) is 1.35. The molecule has 3 atom stereocenters. The third-order valence-corrected chi connectivity index (χ3v) is 5.18. The monoisotopic (exact) mass is 316 g/mol. The normalized spacial score (nSPS) is 24.6. The second kappa shape index (κ2) is 9.10. The van der Waals surface area contributed by atoms with Gasteiger partial charge in [-0.2, -0.15) is 0 Å². The lowest BCUT2D eigenvalue weighted by Gasteiger charge is -2.36. The summed E-state index contributed by atoms with van der Waals surface area (Å²) in [5.74, 6) is 1.82. The molecule has 1 aromatic rings. The Morgan fingerprint density at radius 3 is 2.61 bits per heavy atom. The highest BCUT2D eigenvalue weighted by atomic mass is 16.5. The SMILES string of the molecule is CC1CCC(C(C)C)C(OC(=O)CCCCc2ccccc2)C1. The first-order valence-electron chi connectivity index (χ1n) is 9.29. The largest absolute Gasteiger partial charge is 0.462 e. The summed E-state index contributed by atoms with van der Waals surface area (Å²) in [4.78, 5) is 12.2. The predicted molar refractivity (Wildman–Crippen MR) is 95.2 cm³/mol. The minimum Gasteiger partial charge on any atom is -0.462 e. The molecule has 1 aromatic carbocycles. The average molecular weight is 316 g/mol. The molecule has 23 heavy (non-hydrogen) atoms. The van der Waals surface area contributed by atoms with Crippen molar-refractivity contribution in [2.45, 2.75) is 71.8 Å². The number of unbranched alkanes of at least 4 members (excludes halogenated alkanes) is 1. The molecule has 0 N–H and O–H groups in total. The van der Waals surface area contributed by atoms with Crippen molar-refractivity contribution in [3.05, 3.63) is 35.9 Å². The molecule has 1 saturated carbocycles. The summed E-state index contributed by atoms with van der Waals surface area (Å²) in [7, 11) is 0. The van der Waals surface area contributed by atoms with Crippen LogP contribution in [0.15, 0.2) is 30.3 Å². The van der Waals surface area contributed by atoms with Crippen LogP contribution in [0.4, 0.5) is 0 Å². The number of esters is 1. The molecule has 0 aromatic heterocycles. The van der Waals surface area contributed by atoms with Crippen molar-refractivity contribution < 1.29 is 9.53 Å². The van der Waals surface area contributed by atoms with Crippen LogP contribution in [0.3, 0.4) is 0 Å². The van der Waals surface area contributed by atoms with Crippen molar-refractivity contribution in [2.24, 2.45) is 17.8 Å². The van der Waals surface area contributed by atoms with Gasteiger partial charge in [0.2, 0.25) is 0 Å². The number of benzene rings is 1. The molecule has 1 aliphatic carbocycles. The van der Waals surface area contributed by atoms with Gasteiger partial charge in [0.25, 0.3) is 0 Å². The molecule has 0 bridgehead atoms. The molecule has 1 aliphatic rings. The van der Waals surface area contributed by atoms with Gasteiger partial charge in [0, 0.05) is 6.42 Å². The van der Waals surface area contributed by atoms with Crippen molar-refractivity contribution in [3.63, 3.8) is 0 Å². The second-order valence-electron chi connectivity index (χ2n) is 7.55. The molecule has 2 nitrogen and oxygen atoms in total. The van der Waals surface area contributed by atoms with Gasteiger partial charge in [-0.1, -0.05) is 57.5 Å². The zero-order chi connectivity index (χ0) is 16.7. The highest BCUT2D eigenvalue weighted by molar-refractivity contribution is 5.69. The molecule has 1 fully saturated rings. The molecular weight excluding hydrogens is 284 g/mol. The summed E-state index contributed by atoms with van der Waals surface area (Å²) in [6.07, 6.45) is 7.22. The summed E-state index contributed by atoms with van der Waals surface area (Å²) in [6, 6.07) is 10.5. The maximum Gasteiger partial charge on any atom is 0.306 e. The molecule has 0 saturated heterocycles. The van der Waals surface area contributed by atoms with Gasteiger partial charge in [-0.3, -0.25) is 4.79 Å². The van der Waals surface area contributed by atoms with Crippen molar-refractivity contribution >= 4 is 5.97 Å². The van der Waals surface area contributed by atoms with Crippen LogP contribution in [0.1, 0.15) is 64.9 Å². The van der Waals surface area contributed by atoms with E-state index in [2.05, 4.69) is 45.0 Å². The Labute approximate surface area is 141 Å². The molecule has 0 heterocycles. The lowest BCUT2D eigenvalue weighted by atomic mass is 9.75. The third kappa shape index (κ3) is 6.01. The van der Waals surface area contributed by atoms with Crippen molar-refractivity contribution in [1.29, 1.82) is 0 Å². The minimum atomic E-state index is 0.00260. The topological polar surface area (TPSA) is 26.3 Å². The summed E-state index contributed by atoms with van der Waals surface area (Å²) >= 11 is 0. The van der Waals surface area contributed by atoms with Crippen LogP contribution in [-0.2, 0) is 16.0 Å². The van der Waals surface area contributed by atoms with E-state index in [0.29, 0.717) is 24.2 Å². The zero-order valence-electron chi connectivity index (χ0n) is 15.0. The van der Waals surface area contributed by atoms with E-state index in [1.54, 1.807) is 0 Å². The van der Waals surface area contributed by atoms with Crippen LogP contribution >= 0.6 is 0 Å². The standard InChI is InChI=1S/C21H32O2/c1-16(2)19-14-13-17(3)15-20(19)23-21(22)12-8-7-11-18-9-5-4-6-10-18/h4-6,9-10,16-17,19-20H,7-8,11-15H2,1-3H3. The molecule has 128 valence electrons. The molecule has 0 amide bonds. The van der Waals surface area contributed by atoms with E-state index in [1.165, 1.54) is 18.4 Å². The van der Waals surface area contributed by atoms with Gasteiger partial charge in [-0.25, -0.2) is 0 Å². The molecule has 2 rings (SSSR count). The number of hydrogen-bond acceptors (Lipinski definition) is 2. The number of hydrogen-bond donors (Lipinski definition) is 0. The van der Waals surface area contributed by atoms with E-state index >= 15 is 0 Å². The summed E-state index contributed by atoms with van der Waals surface area (Å²) < 4.78 is 5.85. The first-order chi connectivity index (χ1) is 11.1. The lowest BCUT2D eigenvalue weighted by Crippen LogP contribution is -2.35. The fourth-order valence-corrected chi connectivity index (χ4v) is 3.72. The van der Waals surface area contributed by atoms with E-state index in [9.17, 15) is 4.79 Å². The van der Waals surface area contributed by atoms with Gasteiger partial charge < -0.3 is 4.74 Å². The number of ether oxygens (including phenoxy) is 1. The lowest BCUT2D eigenvalue weighted by molar-refractivity contribution is -0.156. The highest BCUT2D eigenvalue weighted by Crippen LogP contribution is 2.35. The van der Waals surface area contributed by atoms with Gasteiger partial charge in [0.1, 0.15) is 6.10 Å². The second-order valence-corrected chi connectivity index (χ2v) is 7.55. The Hall–Kier alpha value is -1.31. The van der Waals surface area contributed by atoms with Crippen LogP contribution in [0.5, 0.6) is 0 Å². The molecule has 3 unspecified atom stereocenters. The molecule has 2 heteroatoms. The van der Waals surface area contributed by atoms with Crippen LogP contribution < -0.4 is 0 Å². The van der Waals surface area contributed by atoms with E-state index < -0.39 is 0 Å². The van der Waals surface area contributed by atoms with E-state index in [4.69, 9.17) is 4.74 Å². The third-order valence-electron chi connectivity index (χ3n) is 5.18. The van der Waals surface area contributed by atoms with E-state index in [0.717, 1.165) is 25.7 Å². The zero-order valence-corrected chi connectivity index (χ0v) is 15.0. The van der Waals surface area contributed by atoms with E-state index in [1.807, 2.05) is 6.07 Å². The number of carbonyl (C=O) groups excluding carboxylic acids is 1. The predicted octanol–water partition coefficient (Wildman–Crippen LogP) is 5.40. The Morgan fingerprint density at radius 2 is 1.91 bits per heavy atom. The summed E-state index contributed by atoms with van der Waals surface area (Å²) in [5, 5.41) is 0. The minimum absolute atomic E-state index is 0.00260. The highest BCUT2D eigenvalue weighted by Gasteiger charge is 2.33. The molecule has 0 radical (unpaired) electrons. The van der Waals surface area contributed by atoms with Crippen molar-refractivity contribution in [1.82, 2.24) is 0 Å². The fourth-order valence-electron chi connectivity index (χ4n) is 3.72. The van der Waals surface area contributed by atoms with Gasteiger partial charge >= 0.3 is 5.97 Å². The van der Waals surface area contributed by atoms with Crippen LogP contribution in [0.2, 0.25) is 0 Å². The quantitative estimate of drug-likeness (QED) is 0.497. The first-order valence-corrected chi connectivity index (χ1v) is 9.29. The Morgan fingerprint density at radius 1 is 1.17 bits per heavy atom. The Kier molecular flexibility index (Phi) is 7.14. The maximum absolute atomic E-state index is 12.2. The average Bonchev–Trinajstić information content (AvgIpc) is 2.52. The van der Waals surface area contributed by atoms with Gasteiger partial charge in [-0.15, -0.1) is 0 Å². The maximum atomic E-state index is 12.2. The fraction of sp³-hybridized carbons (Fsp3) is 0.667. The van der Waals surface area contributed by atoms with Crippen LogP contribution in [-0.4, -0.2) is 12.1 Å². The van der Waals surface area contributed by atoms with E-state index in [-0.39, 0.29) is 12.1 Å².